The average Bonchev–Trinajstić information content (AvgIpc) is 3.04. The molecular formula is C18H25F3N6O. The minimum absolute atomic E-state index is 0.0414. The van der Waals surface area contributed by atoms with Gasteiger partial charge >= 0.3 is 6.18 Å². The molecule has 1 aliphatic rings. The van der Waals surface area contributed by atoms with Gasteiger partial charge in [0.25, 0.3) is 5.82 Å². The van der Waals surface area contributed by atoms with Gasteiger partial charge in [0.15, 0.2) is 5.65 Å². The van der Waals surface area contributed by atoms with Crippen LogP contribution in [0.15, 0.2) is 12.1 Å². The number of amides is 1. The standard InChI is InChI=1S/C18H25F3N6O/c1-4-9-17(2,3)22-15(28)12-7-10-26(11-8-12)14-6-5-13-23-24-16(18(19,20)21)27(13)25-14/h5-6,12H,4,7-11H2,1-3H3,(H,22,28). The van der Waals surface area contributed by atoms with E-state index in [1.54, 1.807) is 6.07 Å². The third kappa shape index (κ3) is 4.36. The molecule has 0 spiro atoms. The summed E-state index contributed by atoms with van der Waals surface area (Å²) >= 11 is 0. The zero-order valence-electron chi connectivity index (χ0n) is 16.3. The number of rotatable bonds is 5. The van der Waals surface area contributed by atoms with Crippen LogP contribution in [0.3, 0.4) is 0 Å². The molecule has 0 unspecified atom stereocenters. The third-order valence-corrected chi connectivity index (χ3v) is 5.03. The molecule has 2 aromatic rings. The molecule has 0 atom stereocenters. The second-order valence-corrected chi connectivity index (χ2v) is 7.87. The van der Waals surface area contributed by atoms with Crippen LogP contribution in [-0.4, -0.2) is 44.3 Å². The SMILES string of the molecule is CCCC(C)(C)NC(=O)C1CCN(c2ccc3nnc(C(F)(F)F)n3n2)CC1. The van der Waals surface area contributed by atoms with Gasteiger partial charge in [-0.3, -0.25) is 4.79 Å². The van der Waals surface area contributed by atoms with Crippen LogP contribution in [0.2, 0.25) is 0 Å². The number of halogens is 3. The number of hydrogen-bond donors (Lipinski definition) is 1. The van der Waals surface area contributed by atoms with Crippen LogP contribution in [0.5, 0.6) is 0 Å². The number of nitrogens with zero attached hydrogens (tertiary/aromatic N) is 5. The molecule has 0 radical (unpaired) electrons. The highest BCUT2D eigenvalue weighted by molar-refractivity contribution is 5.79. The zero-order valence-corrected chi connectivity index (χ0v) is 16.3. The normalized spacial score (nSPS) is 16.6. The molecule has 1 N–H and O–H groups in total. The number of anilines is 1. The van der Waals surface area contributed by atoms with E-state index in [9.17, 15) is 18.0 Å². The number of nitrogens with one attached hydrogen (secondary N) is 1. The van der Waals surface area contributed by atoms with Crippen LogP contribution in [0.4, 0.5) is 19.0 Å². The number of hydrogen-bond acceptors (Lipinski definition) is 5. The van der Waals surface area contributed by atoms with Crippen molar-refractivity contribution in [2.45, 2.75) is 58.2 Å². The molecule has 1 fully saturated rings. The number of fused-ring (bicyclic) bond motifs is 1. The molecule has 0 aromatic carbocycles. The lowest BCUT2D eigenvalue weighted by Crippen LogP contribution is -2.48. The lowest BCUT2D eigenvalue weighted by Gasteiger charge is -2.34. The van der Waals surface area contributed by atoms with Gasteiger partial charge < -0.3 is 10.2 Å². The van der Waals surface area contributed by atoms with E-state index in [1.165, 1.54) is 6.07 Å². The van der Waals surface area contributed by atoms with Crippen LogP contribution < -0.4 is 10.2 Å². The van der Waals surface area contributed by atoms with Crippen molar-refractivity contribution >= 4 is 17.4 Å². The Bertz CT molecular complexity index is 839. The lowest BCUT2D eigenvalue weighted by atomic mass is 9.92. The maximum absolute atomic E-state index is 13.0. The van der Waals surface area contributed by atoms with E-state index >= 15 is 0 Å². The number of aromatic nitrogens is 4. The molecule has 2 aromatic heterocycles. The molecule has 7 nitrogen and oxygen atoms in total. The first-order valence-electron chi connectivity index (χ1n) is 9.47. The van der Waals surface area contributed by atoms with E-state index in [-0.39, 0.29) is 23.0 Å². The molecule has 1 saturated heterocycles. The summed E-state index contributed by atoms with van der Waals surface area (Å²) in [5.74, 6) is -0.781. The third-order valence-electron chi connectivity index (χ3n) is 5.03. The maximum atomic E-state index is 13.0. The molecule has 0 saturated carbocycles. The summed E-state index contributed by atoms with van der Waals surface area (Å²) in [6.07, 6.45) is -1.48. The molecule has 28 heavy (non-hydrogen) atoms. The Hall–Kier alpha value is -2.39. The summed E-state index contributed by atoms with van der Waals surface area (Å²) in [6.45, 7) is 7.21. The van der Waals surface area contributed by atoms with Gasteiger partial charge in [-0.15, -0.1) is 15.3 Å². The van der Waals surface area contributed by atoms with E-state index < -0.39 is 12.0 Å². The van der Waals surface area contributed by atoms with Gasteiger partial charge in [-0.25, -0.2) is 0 Å². The Morgan fingerprint density at radius 2 is 1.89 bits per heavy atom. The highest BCUT2D eigenvalue weighted by Gasteiger charge is 2.38. The Balaban J connectivity index is 1.67. The van der Waals surface area contributed by atoms with Gasteiger partial charge in [-0.2, -0.15) is 17.7 Å². The van der Waals surface area contributed by atoms with Crippen LogP contribution >= 0.6 is 0 Å². The Labute approximate surface area is 161 Å². The van der Waals surface area contributed by atoms with Crippen molar-refractivity contribution < 1.29 is 18.0 Å². The van der Waals surface area contributed by atoms with Crippen molar-refractivity contribution in [2.24, 2.45) is 5.92 Å². The molecule has 3 heterocycles. The van der Waals surface area contributed by atoms with Crippen molar-refractivity contribution in [1.82, 2.24) is 25.1 Å². The summed E-state index contributed by atoms with van der Waals surface area (Å²) in [4.78, 5) is 14.4. The first kappa shape index (κ1) is 20.3. The number of alkyl halides is 3. The fourth-order valence-corrected chi connectivity index (χ4v) is 3.62. The summed E-state index contributed by atoms with van der Waals surface area (Å²) in [6, 6.07) is 3.10. The van der Waals surface area contributed by atoms with Crippen LogP contribution in [-0.2, 0) is 11.0 Å². The highest BCUT2D eigenvalue weighted by atomic mass is 19.4. The van der Waals surface area contributed by atoms with Crippen LogP contribution in [0.25, 0.3) is 5.65 Å². The van der Waals surface area contributed by atoms with Crippen molar-refractivity contribution in [3.63, 3.8) is 0 Å². The van der Waals surface area contributed by atoms with E-state index in [0.717, 1.165) is 17.4 Å². The topological polar surface area (TPSA) is 75.4 Å². The van der Waals surface area contributed by atoms with Gasteiger partial charge in [0.1, 0.15) is 5.82 Å². The first-order chi connectivity index (χ1) is 13.1. The van der Waals surface area contributed by atoms with Crippen molar-refractivity contribution in [3.8, 4) is 0 Å². The molecule has 1 amide bonds. The quantitative estimate of drug-likeness (QED) is 0.838. The van der Waals surface area contributed by atoms with Gasteiger partial charge in [0.05, 0.1) is 0 Å². The van der Waals surface area contributed by atoms with Gasteiger partial charge in [0.2, 0.25) is 5.91 Å². The van der Waals surface area contributed by atoms with E-state index in [1.807, 2.05) is 18.7 Å². The summed E-state index contributed by atoms with van der Waals surface area (Å²) < 4.78 is 39.8. The number of carbonyl (C=O) groups excluding carboxylic acids is 1. The van der Waals surface area contributed by atoms with E-state index in [2.05, 4.69) is 27.5 Å². The van der Waals surface area contributed by atoms with Gasteiger partial charge in [-0.1, -0.05) is 13.3 Å². The highest BCUT2D eigenvalue weighted by Crippen LogP contribution is 2.29. The molecular weight excluding hydrogens is 373 g/mol. The predicted octanol–water partition coefficient (Wildman–Crippen LogP) is 3.05. The smallest absolute Gasteiger partial charge is 0.355 e. The molecule has 154 valence electrons. The summed E-state index contributed by atoms with van der Waals surface area (Å²) in [7, 11) is 0. The van der Waals surface area contributed by atoms with Crippen molar-refractivity contribution in [3.05, 3.63) is 18.0 Å². The van der Waals surface area contributed by atoms with Crippen LogP contribution in [0.1, 0.15) is 52.3 Å². The number of carbonyl (C=O) groups is 1. The second kappa shape index (κ2) is 7.56. The summed E-state index contributed by atoms with van der Waals surface area (Å²) in [5.41, 5.74) is -0.193. The van der Waals surface area contributed by atoms with Crippen molar-refractivity contribution in [2.75, 3.05) is 18.0 Å². The Morgan fingerprint density at radius 1 is 1.21 bits per heavy atom. The Morgan fingerprint density at radius 3 is 2.50 bits per heavy atom. The molecule has 10 heteroatoms. The lowest BCUT2D eigenvalue weighted by molar-refractivity contribution is -0.146. The fourth-order valence-electron chi connectivity index (χ4n) is 3.62. The second-order valence-electron chi connectivity index (χ2n) is 7.87. The fraction of sp³-hybridized carbons (Fsp3) is 0.667. The minimum Gasteiger partial charge on any atom is -0.355 e. The molecule has 3 rings (SSSR count). The molecule has 1 aliphatic heterocycles. The van der Waals surface area contributed by atoms with E-state index in [4.69, 9.17) is 0 Å². The molecule has 0 aliphatic carbocycles. The Kier molecular flexibility index (Phi) is 5.49. The summed E-state index contributed by atoms with van der Waals surface area (Å²) in [5, 5.41) is 13.9. The van der Waals surface area contributed by atoms with Crippen molar-refractivity contribution in [1.29, 1.82) is 0 Å². The van der Waals surface area contributed by atoms with Gasteiger partial charge in [0, 0.05) is 24.5 Å². The van der Waals surface area contributed by atoms with Crippen LogP contribution in [0, 0.1) is 5.92 Å². The predicted molar refractivity (Wildman–Crippen MR) is 97.9 cm³/mol. The largest absolute Gasteiger partial charge is 0.453 e. The maximum Gasteiger partial charge on any atom is 0.453 e. The minimum atomic E-state index is -4.62. The van der Waals surface area contributed by atoms with Gasteiger partial charge in [-0.05, 0) is 45.2 Å². The molecule has 0 bridgehead atoms. The van der Waals surface area contributed by atoms with E-state index in [0.29, 0.717) is 31.7 Å². The first-order valence-corrected chi connectivity index (χ1v) is 9.47. The zero-order chi connectivity index (χ0) is 20.5. The number of piperidine rings is 1. The monoisotopic (exact) mass is 398 g/mol. The average molecular weight is 398 g/mol.